The second kappa shape index (κ2) is 10.0. The van der Waals surface area contributed by atoms with Gasteiger partial charge < -0.3 is 15.2 Å². The average molecular weight is 540 g/mol. The molecule has 0 saturated carbocycles. The van der Waals surface area contributed by atoms with Crippen LogP contribution in [0.25, 0.3) is 21.8 Å². The van der Waals surface area contributed by atoms with Crippen molar-refractivity contribution in [2.24, 2.45) is 0 Å². The van der Waals surface area contributed by atoms with Crippen LogP contribution < -0.4 is 5.32 Å². The van der Waals surface area contributed by atoms with Crippen LogP contribution in [0.4, 0.5) is 11.6 Å². The lowest BCUT2D eigenvalue weighted by Crippen LogP contribution is -2.32. The second-order valence-corrected chi connectivity index (χ2v) is 10.5. The van der Waals surface area contributed by atoms with Crippen LogP contribution in [-0.2, 0) is 16.8 Å². The van der Waals surface area contributed by atoms with Crippen LogP contribution in [-0.4, -0.2) is 48.5 Å². The van der Waals surface area contributed by atoms with Gasteiger partial charge in [-0.15, -0.1) is 16.4 Å². The molecule has 0 fully saturated rings. The van der Waals surface area contributed by atoms with Gasteiger partial charge in [0, 0.05) is 24.2 Å². The van der Waals surface area contributed by atoms with Crippen LogP contribution in [0.2, 0.25) is 0 Å². The Kier molecular flexibility index (Phi) is 6.37. The minimum absolute atomic E-state index is 0.390. The molecular formula is C28H25N7O3S. The zero-order valence-corrected chi connectivity index (χ0v) is 22.1. The third kappa shape index (κ3) is 4.77. The fourth-order valence-electron chi connectivity index (χ4n) is 4.91. The van der Waals surface area contributed by atoms with Crippen molar-refractivity contribution in [3.8, 4) is 21.8 Å². The minimum atomic E-state index is -1.23. The molecular weight excluding hydrogens is 514 g/mol. The Labute approximate surface area is 228 Å². The monoisotopic (exact) mass is 539 g/mol. The first kappa shape index (κ1) is 24.8. The van der Waals surface area contributed by atoms with Crippen molar-refractivity contribution in [1.29, 1.82) is 0 Å². The molecule has 11 heteroatoms. The van der Waals surface area contributed by atoms with Gasteiger partial charge in [0.15, 0.2) is 0 Å². The number of aliphatic hydroxyl groups is 1. The molecule has 0 amide bonds. The second-order valence-electron chi connectivity index (χ2n) is 9.44. The van der Waals surface area contributed by atoms with Gasteiger partial charge in [-0.05, 0) is 79.3 Å². The molecule has 1 aromatic carbocycles. The van der Waals surface area contributed by atoms with Crippen LogP contribution in [0, 0.1) is 6.92 Å². The molecule has 4 aromatic heterocycles. The van der Waals surface area contributed by atoms with Crippen molar-refractivity contribution in [2.75, 3.05) is 12.4 Å². The highest BCUT2D eigenvalue weighted by atomic mass is 32.1. The molecule has 3 N–H and O–H groups in total. The number of H-pyrrole nitrogens is 1. The van der Waals surface area contributed by atoms with Gasteiger partial charge >= 0.3 is 5.97 Å². The molecule has 1 atom stereocenters. The van der Waals surface area contributed by atoms with Crippen molar-refractivity contribution >= 4 is 28.9 Å². The van der Waals surface area contributed by atoms with E-state index in [0.29, 0.717) is 28.6 Å². The van der Waals surface area contributed by atoms with Gasteiger partial charge in [0.2, 0.25) is 0 Å². The number of esters is 1. The van der Waals surface area contributed by atoms with Gasteiger partial charge in [0.05, 0.1) is 23.2 Å². The molecule has 0 radical (unpaired) electrons. The van der Waals surface area contributed by atoms with Crippen molar-refractivity contribution in [1.82, 2.24) is 30.4 Å². The number of nitrogens with zero attached hydrogens (tertiary/aromatic N) is 5. The van der Waals surface area contributed by atoms with E-state index in [1.165, 1.54) is 18.4 Å². The van der Waals surface area contributed by atoms with E-state index in [1.807, 2.05) is 43.3 Å². The number of hydrogen-bond donors (Lipinski definition) is 3. The normalized spacial score (nSPS) is 16.5. The Morgan fingerprint density at radius 2 is 2.03 bits per heavy atom. The molecule has 0 saturated heterocycles. The van der Waals surface area contributed by atoms with Gasteiger partial charge in [0.25, 0.3) is 0 Å². The van der Waals surface area contributed by atoms with E-state index in [-0.39, 0.29) is 0 Å². The number of nitrogens with one attached hydrogen (secondary N) is 2. The number of ether oxygens (including phenoxy) is 1. The first-order valence-corrected chi connectivity index (χ1v) is 13.2. The maximum atomic E-state index is 12.0. The summed E-state index contributed by atoms with van der Waals surface area (Å²) < 4.78 is 4.86. The highest BCUT2D eigenvalue weighted by Gasteiger charge is 2.39. The molecule has 1 aliphatic rings. The van der Waals surface area contributed by atoms with Crippen LogP contribution in [0.5, 0.6) is 0 Å². The van der Waals surface area contributed by atoms with Gasteiger partial charge in [-0.1, -0.05) is 11.3 Å². The number of pyridine rings is 2. The molecule has 1 aliphatic carbocycles. The first-order chi connectivity index (χ1) is 18.9. The molecule has 196 valence electrons. The molecule has 4 heterocycles. The maximum absolute atomic E-state index is 12.0. The molecule has 0 aliphatic heterocycles. The summed E-state index contributed by atoms with van der Waals surface area (Å²) in [6.45, 7) is 2.00. The number of carbonyl (C=O) groups excluding carboxylic acids is 1. The molecule has 10 nitrogen and oxygen atoms in total. The van der Waals surface area contributed by atoms with Crippen molar-refractivity contribution in [3.05, 3.63) is 88.3 Å². The summed E-state index contributed by atoms with van der Waals surface area (Å²) in [6, 6.07) is 13.0. The standard InChI is InChI=1S/C28H25N7O3S/c1-16-10-21(32-25(11-16)33-24-13-18(7-9-29-24)22-14-31-35-34-22)23-15-30-27(39-23)28(37)8-3-4-17-12-19(26(36)38-2)5-6-20(17)28/h5-7,9-15,37H,3-4,8H2,1-2H3,(H,29,32,33)(H,31,34,35)/t28-/m0/s1. The van der Waals surface area contributed by atoms with E-state index in [0.717, 1.165) is 51.4 Å². The third-order valence-corrected chi connectivity index (χ3v) is 7.94. The fraction of sp³-hybridized carbons (Fsp3) is 0.214. The van der Waals surface area contributed by atoms with Gasteiger partial charge in [-0.2, -0.15) is 0 Å². The summed E-state index contributed by atoms with van der Waals surface area (Å²) in [7, 11) is 1.36. The van der Waals surface area contributed by atoms with Crippen LogP contribution >= 0.6 is 11.3 Å². The lowest BCUT2D eigenvalue weighted by molar-refractivity contribution is 0.0583. The Morgan fingerprint density at radius 1 is 1.13 bits per heavy atom. The molecule has 0 bridgehead atoms. The lowest BCUT2D eigenvalue weighted by Gasteiger charge is -2.33. The Morgan fingerprint density at radius 3 is 2.85 bits per heavy atom. The largest absolute Gasteiger partial charge is 0.465 e. The summed E-state index contributed by atoms with van der Waals surface area (Å²) in [5.74, 6) is 0.879. The van der Waals surface area contributed by atoms with E-state index < -0.39 is 11.6 Å². The SMILES string of the molecule is COC(=O)c1ccc2c(c1)CCC[C@@]2(O)c1ncc(-c2cc(C)cc(Nc3cc(-c4c[nH]nn4)ccn3)n2)s1. The lowest BCUT2D eigenvalue weighted by atomic mass is 9.79. The smallest absolute Gasteiger partial charge is 0.337 e. The summed E-state index contributed by atoms with van der Waals surface area (Å²) in [5.41, 5.74) is 4.31. The minimum Gasteiger partial charge on any atom is -0.465 e. The molecule has 6 rings (SSSR count). The van der Waals surface area contributed by atoms with E-state index in [9.17, 15) is 9.90 Å². The number of rotatable bonds is 6. The van der Waals surface area contributed by atoms with Gasteiger partial charge in [0.1, 0.15) is 27.9 Å². The van der Waals surface area contributed by atoms with Crippen molar-refractivity contribution < 1.29 is 14.6 Å². The van der Waals surface area contributed by atoms with Crippen LogP contribution in [0.3, 0.4) is 0 Å². The van der Waals surface area contributed by atoms with Crippen LogP contribution in [0.1, 0.15) is 44.9 Å². The first-order valence-electron chi connectivity index (χ1n) is 12.4. The Balaban J connectivity index is 1.29. The van der Waals surface area contributed by atoms with Crippen molar-refractivity contribution in [2.45, 2.75) is 31.8 Å². The summed E-state index contributed by atoms with van der Waals surface area (Å²) in [4.78, 5) is 26.7. The average Bonchev–Trinajstić information content (AvgIpc) is 3.66. The number of carbonyl (C=O) groups is 1. The number of fused-ring (bicyclic) bond motifs is 1. The highest BCUT2D eigenvalue weighted by molar-refractivity contribution is 7.15. The Hall–Kier alpha value is -4.48. The maximum Gasteiger partial charge on any atom is 0.337 e. The molecule has 39 heavy (non-hydrogen) atoms. The number of methoxy groups -OCH3 is 1. The van der Waals surface area contributed by atoms with E-state index in [4.69, 9.17) is 9.72 Å². The number of aryl methyl sites for hydroxylation is 2. The summed E-state index contributed by atoms with van der Waals surface area (Å²) >= 11 is 1.42. The zero-order chi connectivity index (χ0) is 27.0. The van der Waals surface area contributed by atoms with Gasteiger partial charge in [-0.25, -0.2) is 19.7 Å². The number of aromatic nitrogens is 6. The van der Waals surface area contributed by atoms with E-state index in [1.54, 1.807) is 24.7 Å². The summed E-state index contributed by atoms with van der Waals surface area (Å²) in [6.07, 6.45) is 7.28. The summed E-state index contributed by atoms with van der Waals surface area (Å²) in [5, 5.41) is 26.3. The predicted octanol–water partition coefficient (Wildman–Crippen LogP) is 4.80. The Bertz CT molecular complexity index is 1670. The van der Waals surface area contributed by atoms with E-state index in [2.05, 4.69) is 30.7 Å². The fourth-order valence-corrected chi connectivity index (χ4v) is 5.92. The highest BCUT2D eigenvalue weighted by Crippen LogP contribution is 2.43. The van der Waals surface area contributed by atoms with E-state index >= 15 is 0 Å². The quantitative estimate of drug-likeness (QED) is 0.260. The molecule has 0 spiro atoms. The topological polar surface area (TPSA) is 139 Å². The molecule has 5 aromatic rings. The number of thiazole rings is 1. The van der Waals surface area contributed by atoms with Crippen LogP contribution in [0.15, 0.2) is 61.1 Å². The van der Waals surface area contributed by atoms with Gasteiger partial charge in [-0.3, -0.25) is 5.10 Å². The molecule has 0 unspecified atom stereocenters. The van der Waals surface area contributed by atoms with Crippen molar-refractivity contribution in [3.63, 3.8) is 0 Å². The predicted molar refractivity (Wildman–Crippen MR) is 147 cm³/mol. The number of benzene rings is 1. The number of aromatic amines is 1. The number of anilines is 2. The number of hydrogen-bond acceptors (Lipinski definition) is 10. The third-order valence-electron chi connectivity index (χ3n) is 6.77. The zero-order valence-electron chi connectivity index (χ0n) is 21.3.